The Hall–Kier alpha value is -1.86. The highest BCUT2D eigenvalue weighted by molar-refractivity contribution is 5.76. The van der Waals surface area contributed by atoms with Crippen LogP contribution in [0.25, 0.3) is 0 Å². The lowest BCUT2D eigenvalue weighted by Gasteiger charge is -2.40. The summed E-state index contributed by atoms with van der Waals surface area (Å²) in [5.41, 5.74) is 0. The molecule has 0 aromatic heterocycles. The van der Waals surface area contributed by atoms with Gasteiger partial charge in [0.1, 0.15) is 24.4 Å². The van der Waals surface area contributed by atoms with Crippen LogP contribution in [0.4, 0.5) is 0 Å². The molecule has 6 N–H and O–H groups in total. The molecule has 0 aromatic rings. The molecule has 1 amide bonds. The summed E-state index contributed by atoms with van der Waals surface area (Å²) in [5, 5.41) is 54.3. The second-order valence-corrected chi connectivity index (χ2v) is 26.4. The van der Waals surface area contributed by atoms with E-state index in [0.29, 0.717) is 19.4 Å². The average Bonchev–Trinajstić information content (AvgIpc) is 2.71. The van der Waals surface area contributed by atoms with E-state index in [9.17, 15) is 35.1 Å². The third kappa shape index (κ3) is 52.9. The monoisotopic (exact) mass is 1220 g/mol. The Labute approximate surface area is 531 Å². The zero-order valence-electron chi connectivity index (χ0n) is 56.6. The SMILES string of the molecule is CCCCC/C=C/CC/C=C/C(O)C(COC1OC(CO)C(O)C(O)C1O)NC(=O)CCCCCCCCCCCCCCCCCCCCCCCCCCCCCCCCCCCCCCCOC(=O)CCCCCCCCCCCCCC. The molecule has 0 spiro atoms. The normalized spacial score (nSPS) is 18.0. The van der Waals surface area contributed by atoms with E-state index in [1.807, 2.05) is 6.08 Å². The van der Waals surface area contributed by atoms with Crippen LogP contribution in [0, 0.1) is 0 Å². The maximum Gasteiger partial charge on any atom is 0.305 e. The third-order valence-electron chi connectivity index (χ3n) is 18.1. The van der Waals surface area contributed by atoms with E-state index in [2.05, 4.69) is 31.3 Å². The van der Waals surface area contributed by atoms with Crippen molar-refractivity contribution in [3.8, 4) is 0 Å². The van der Waals surface area contributed by atoms with Crippen molar-refractivity contribution in [1.82, 2.24) is 5.32 Å². The largest absolute Gasteiger partial charge is 0.466 e. The van der Waals surface area contributed by atoms with Crippen LogP contribution in [-0.2, 0) is 23.8 Å². The molecule has 11 nitrogen and oxygen atoms in total. The second-order valence-electron chi connectivity index (χ2n) is 26.4. The number of aliphatic hydroxyl groups is 5. The summed E-state index contributed by atoms with van der Waals surface area (Å²) in [6, 6.07) is -0.821. The predicted octanol–water partition coefficient (Wildman–Crippen LogP) is 19.6. The number of rotatable bonds is 67. The van der Waals surface area contributed by atoms with Crippen LogP contribution in [0.2, 0.25) is 0 Å². The number of nitrogens with one attached hydrogen (secondary N) is 1. The Morgan fingerprint density at radius 3 is 1.15 bits per heavy atom. The fourth-order valence-electron chi connectivity index (χ4n) is 12.2. The number of ether oxygens (including phenoxy) is 3. The summed E-state index contributed by atoms with van der Waals surface area (Å²) < 4.78 is 16.7. The van der Waals surface area contributed by atoms with Gasteiger partial charge in [-0.3, -0.25) is 9.59 Å². The smallest absolute Gasteiger partial charge is 0.305 e. The van der Waals surface area contributed by atoms with Crippen LogP contribution >= 0.6 is 0 Å². The van der Waals surface area contributed by atoms with Crippen molar-refractivity contribution in [3.63, 3.8) is 0 Å². The summed E-state index contributed by atoms with van der Waals surface area (Å²) in [7, 11) is 0. The van der Waals surface area contributed by atoms with Gasteiger partial charge in [-0.15, -0.1) is 0 Å². The van der Waals surface area contributed by atoms with Crippen molar-refractivity contribution in [3.05, 3.63) is 24.3 Å². The van der Waals surface area contributed by atoms with Crippen molar-refractivity contribution < 1.29 is 49.3 Å². The van der Waals surface area contributed by atoms with Crippen LogP contribution in [-0.4, -0.2) is 100 Å². The number of carbonyl (C=O) groups excluding carboxylic acids is 2. The molecule has 7 unspecified atom stereocenters. The third-order valence-corrected chi connectivity index (χ3v) is 18.1. The van der Waals surface area contributed by atoms with Gasteiger partial charge in [-0.25, -0.2) is 0 Å². The minimum atomic E-state index is -1.57. The fraction of sp³-hybridized carbons (Fsp3) is 0.920. The van der Waals surface area contributed by atoms with Crippen molar-refractivity contribution in [2.24, 2.45) is 0 Å². The molecule has 1 rings (SSSR count). The zero-order chi connectivity index (χ0) is 62.3. The summed E-state index contributed by atoms with van der Waals surface area (Å²) in [6.07, 6.45) is 72.3. The Balaban J connectivity index is 1.86. The summed E-state index contributed by atoms with van der Waals surface area (Å²) >= 11 is 0. The summed E-state index contributed by atoms with van der Waals surface area (Å²) in [6.45, 7) is 4.32. The van der Waals surface area contributed by atoms with E-state index >= 15 is 0 Å². The van der Waals surface area contributed by atoms with Gasteiger partial charge in [0.2, 0.25) is 5.91 Å². The number of hydrogen-bond acceptors (Lipinski definition) is 10. The van der Waals surface area contributed by atoms with Gasteiger partial charge >= 0.3 is 5.97 Å². The molecule has 508 valence electrons. The van der Waals surface area contributed by atoms with Gasteiger partial charge in [0.05, 0.1) is 32.0 Å². The van der Waals surface area contributed by atoms with Gasteiger partial charge in [-0.2, -0.15) is 0 Å². The molecule has 0 aromatic carbocycles. The Kier molecular flexibility index (Phi) is 61.8. The average molecular weight is 1220 g/mol. The lowest BCUT2D eigenvalue weighted by Crippen LogP contribution is -2.60. The van der Waals surface area contributed by atoms with Crippen molar-refractivity contribution in [2.75, 3.05) is 19.8 Å². The molecule has 1 heterocycles. The zero-order valence-corrected chi connectivity index (χ0v) is 56.6. The van der Waals surface area contributed by atoms with Gasteiger partial charge in [0.15, 0.2) is 6.29 Å². The first kappa shape index (κ1) is 82.2. The van der Waals surface area contributed by atoms with E-state index in [4.69, 9.17) is 14.2 Å². The van der Waals surface area contributed by atoms with Crippen LogP contribution in [0.5, 0.6) is 0 Å². The number of allylic oxidation sites excluding steroid dienone is 3. The number of carbonyl (C=O) groups is 2. The molecule has 0 aliphatic carbocycles. The van der Waals surface area contributed by atoms with Gasteiger partial charge in [0.25, 0.3) is 0 Å². The minimum Gasteiger partial charge on any atom is -0.466 e. The molecular weight excluding hydrogens is 1070 g/mol. The van der Waals surface area contributed by atoms with E-state index in [-0.39, 0.29) is 18.5 Å². The first-order valence-electron chi connectivity index (χ1n) is 37.6. The molecule has 0 radical (unpaired) electrons. The first-order valence-corrected chi connectivity index (χ1v) is 37.6. The maximum atomic E-state index is 13.0. The topological polar surface area (TPSA) is 175 Å². The molecule has 0 bridgehead atoms. The maximum absolute atomic E-state index is 13.0. The second kappa shape index (κ2) is 64.7. The lowest BCUT2D eigenvalue weighted by atomic mass is 9.99. The van der Waals surface area contributed by atoms with Gasteiger partial charge in [-0.05, 0) is 44.9 Å². The summed E-state index contributed by atoms with van der Waals surface area (Å²) in [5.74, 6) is -0.169. The molecule has 1 saturated heterocycles. The lowest BCUT2D eigenvalue weighted by molar-refractivity contribution is -0.302. The Morgan fingerprint density at radius 2 is 0.756 bits per heavy atom. The van der Waals surface area contributed by atoms with Gasteiger partial charge in [0, 0.05) is 12.8 Å². The van der Waals surface area contributed by atoms with Crippen molar-refractivity contribution in [2.45, 2.75) is 423 Å². The number of hydrogen-bond donors (Lipinski definition) is 6. The molecule has 11 heteroatoms. The van der Waals surface area contributed by atoms with E-state index in [1.54, 1.807) is 6.08 Å². The fourth-order valence-corrected chi connectivity index (χ4v) is 12.2. The van der Waals surface area contributed by atoms with Gasteiger partial charge < -0.3 is 45.1 Å². The van der Waals surface area contributed by atoms with Crippen LogP contribution in [0.1, 0.15) is 380 Å². The molecule has 1 aliphatic heterocycles. The molecule has 86 heavy (non-hydrogen) atoms. The van der Waals surface area contributed by atoms with Crippen LogP contribution in [0.15, 0.2) is 24.3 Å². The predicted molar refractivity (Wildman–Crippen MR) is 361 cm³/mol. The van der Waals surface area contributed by atoms with E-state index < -0.39 is 49.5 Å². The molecule has 0 saturated carbocycles. The summed E-state index contributed by atoms with van der Waals surface area (Å²) in [4.78, 5) is 25.1. The first-order chi connectivity index (χ1) is 42.2. The quantitative estimate of drug-likeness (QED) is 0.0195. The van der Waals surface area contributed by atoms with Crippen molar-refractivity contribution in [1.29, 1.82) is 0 Å². The Bertz CT molecular complexity index is 1480. The van der Waals surface area contributed by atoms with Crippen molar-refractivity contribution >= 4 is 11.9 Å². The van der Waals surface area contributed by atoms with Gasteiger partial charge in [-0.1, -0.05) is 346 Å². The number of amides is 1. The number of aliphatic hydroxyl groups excluding tert-OH is 5. The van der Waals surface area contributed by atoms with Crippen LogP contribution < -0.4 is 5.32 Å². The molecule has 7 atom stereocenters. The standard InChI is InChI=1S/C75H143NO10/c1-3-5-7-9-11-13-14-43-47-51-55-59-63-71(80)84-64-60-56-52-48-44-41-39-37-35-33-31-29-27-25-23-21-19-17-15-16-18-20-22-24-26-28-30-32-34-36-38-40-42-46-50-54-58-62-70(79)76-67(68(78)61-57-53-49-45-12-10-8-6-4-2)66-85-75-74(83)73(82)72(81)69(65-77)86-75/h12,45,57,61,67-69,72-75,77-78,81-83H,3-11,13-44,46-56,58-60,62-66H2,1-2H3,(H,76,79)/b45-12+,61-57+. The van der Waals surface area contributed by atoms with Crippen LogP contribution in [0.3, 0.4) is 0 Å². The molecule has 1 aliphatic rings. The molecular formula is C75H143NO10. The van der Waals surface area contributed by atoms with E-state index in [1.165, 1.54) is 302 Å². The highest BCUT2D eigenvalue weighted by Crippen LogP contribution is 2.24. The number of esters is 1. The molecule has 1 fully saturated rings. The highest BCUT2D eigenvalue weighted by Gasteiger charge is 2.44. The van der Waals surface area contributed by atoms with E-state index in [0.717, 1.165) is 51.4 Å². The number of unbranched alkanes of at least 4 members (excludes halogenated alkanes) is 51. The minimum absolute atomic E-state index is 0.0183. The highest BCUT2D eigenvalue weighted by atomic mass is 16.7. The Morgan fingerprint density at radius 1 is 0.419 bits per heavy atom.